The third-order valence-corrected chi connectivity index (χ3v) is 3.94. The summed E-state index contributed by atoms with van der Waals surface area (Å²) in [6.45, 7) is 0.605. The number of nitrogens with two attached hydrogens (primary N) is 1. The highest BCUT2D eigenvalue weighted by atomic mass is 16.1. The second kappa shape index (κ2) is 6.06. The van der Waals surface area contributed by atoms with Crippen molar-refractivity contribution in [3.8, 4) is 0 Å². The Balaban J connectivity index is 2.11. The summed E-state index contributed by atoms with van der Waals surface area (Å²) in [5.41, 5.74) is 7.65. The Labute approximate surface area is 115 Å². The molecule has 1 aromatic carbocycles. The number of hydrogen-bond donors (Lipinski definition) is 2. The van der Waals surface area contributed by atoms with Crippen LogP contribution in [0, 0.1) is 11.8 Å². The van der Waals surface area contributed by atoms with Gasteiger partial charge in [-0.15, -0.1) is 0 Å². The quantitative estimate of drug-likeness (QED) is 0.872. The topological polar surface area (TPSA) is 58.4 Å². The molecule has 0 heterocycles. The van der Waals surface area contributed by atoms with Crippen LogP contribution in [0.3, 0.4) is 0 Å². The number of nitrogens with zero attached hydrogens (tertiary/aromatic N) is 1. The molecule has 0 bridgehead atoms. The van der Waals surface area contributed by atoms with E-state index in [9.17, 15) is 4.79 Å². The van der Waals surface area contributed by atoms with E-state index in [-0.39, 0.29) is 11.8 Å². The van der Waals surface area contributed by atoms with Crippen LogP contribution in [0.1, 0.15) is 19.3 Å². The molecule has 1 aliphatic rings. The summed E-state index contributed by atoms with van der Waals surface area (Å²) in [7, 11) is 3.95. The van der Waals surface area contributed by atoms with E-state index in [0.29, 0.717) is 12.5 Å². The second-order valence-corrected chi connectivity index (χ2v) is 5.43. The van der Waals surface area contributed by atoms with Gasteiger partial charge >= 0.3 is 0 Å². The van der Waals surface area contributed by atoms with Crippen molar-refractivity contribution in [2.75, 3.05) is 30.9 Å². The monoisotopic (exact) mass is 261 g/mol. The van der Waals surface area contributed by atoms with Gasteiger partial charge in [0.1, 0.15) is 0 Å². The van der Waals surface area contributed by atoms with Crippen LogP contribution >= 0.6 is 0 Å². The van der Waals surface area contributed by atoms with Crippen LogP contribution in [0.25, 0.3) is 0 Å². The van der Waals surface area contributed by atoms with Crippen LogP contribution in [-0.2, 0) is 4.79 Å². The van der Waals surface area contributed by atoms with Crippen LogP contribution in [0.2, 0.25) is 0 Å². The zero-order valence-corrected chi connectivity index (χ0v) is 11.7. The molecule has 2 atom stereocenters. The smallest absolute Gasteiger partial charge is 0.227 e. The first-order valence-corrected chi connectivity index (χ1v) is 6.90. The van der Waals surface area contributed by atoms with Crippen LogP contribution < -0.4 is 16.0 Å². The molecule has 0 spiro atoms. The first-order chi connectivity index (χ1) is 9.13. The molecule has 4 heteroatoms. The van der Waals surface area contributed by atoms with Gasteiger partial charge in [-0.25, -0.2) is 0 Å². The molecule has 1 fully saturated rings. The third kappa shape index (κ3) is 3.07. The summed E-state index contributed by atoms with van der Waals surface area (Å²) in [4.78, 5) is 14.4. The lowest BCUT2D eigenvalue weighted by molar-refractivity contribution is -0.120. The minimum absolute atomic E-state index is 0.0696. The second-order valence-electron chi connectivity index (χ2n) is 5.43. The predicted octanol–water partition coefficient (Wildman–Crippen LogP) is 2.07. The van der Waals surface area contributed by atoms with Crippen LogP contribution in [0.4, 0.5) is 11.4 Å². The Hall–Kier alpha value is -1.55. The van der Waals surface area contributed by atoms with Gasteiger partial charge in [0, 0.05) is 20.0 Å². The Bertz CT molecular complexity index is 445. The molecular weight excluding hydrogens is 238 g/mol. The zero-order chi connectivity index (χ0) is 13.8. The first kappa shape index (κ1) is 13.9. The van der Waals surface area contributed by atoms with Crippen molar-refractivity contribution < 1.29 is 4.79 Å². The van der Waals surface area contributed by atoms with E-state index in [1.807, 2.05) is 43.3 Å². The number of amides is 1. The predicted molar refractivity (Wildman–Crippen MR) is 79.3 cm³/mol. The highest BCUT2D eigenvalue weighted by Crippen LogP contribution is 2.33. The highest BCUT2D eigenvalue weighted by Gasteiger charge is 2.32. The van der Waals surface area contributed by atoms with Gasteiger partial charge in [0.05, 0.1) is 11.4 Å². The van der Waals surface area contributed by atoms with Crippen molar-refractivity contribution >= 4 is 17.3 Å². The van der Waals surface area contributed by atoms with Crippen molar-refractivity contribution in [3.63, 3.8) is 0 Å². The SMILES string of the molecule is CN(C)c1ccccc1NC(=O)C1CCCC1CN. The fraction of sp³-hybridized carbons (Fsp3) is 0.533. The Morgan fingerprint density at radius 3 is 2.79 bits per heavy atom. The number of nitrogens with one attached hydrogen (secondary N) is 1. The summed E-state index contributed by atoms with van der Waals surface area (Å²) >= 11 is 0. The number of carbonyl (C=O) groups is 1. The molecule has 1 aliphatic carbocycles. The number of rotatable bonds is 4. The molecule has 3 N–H and O–H groups in total. The molecule has 2 rings (SSSR count). The van der Waals surface area contributed by atoms with E-state index in [1.165, 1.54) is 0 Å². The summed E-state index contributed by atoms with van der Waals surface area (Å²) in [5.74, 6) is 0.522. The van der Waals surface area contributed by atoms with E-state index in [1.54, 1.807) is 0 Å². The standard InChI is InChI=1S/C15H23N3O/c1-18(2)14-9-4-3-8-13(14)17-15(19)12-7-5-6-11(12)10-16/h3-4,8-9,11-12H,5-7,10,16H2,1-2H3,(H,17,19). The van der Waals surface area contributed by atoms with Gasteiger partial charge in [-0.05, 0) is 37.4 Å². The molecule has 1 amide bonds. The maximum Gasteiger partial charge on any atom is 0.227 e. The fourth-order valence-electron chi connectivity index (χ4n) is 2.86. The van der Waals surface area contributed by atoms with Crippen molar-refractivity contribution in [3.05, 3.63) is 24.3 Å². The normalized spacial score (nSPS) is 22.3. The van der Waals surface area contributed by atoms with Gasteiger partial charge < -0.3 is 16.0 Å². The van der Waals surface area contributed by atoms with E-state index >= 15 is 0 Å². The van der Waals surface area contributed by atoms with E-state index in [2.05, 4.69) is 5.32 Å². The molecule has 104 valence electrons. The van der Waals surface area contributed by atoms with Gasteiger partial charge in [-0.2, -0.15) is 0 Å². The highest BCUT2D eigenvalue weighted by molar-refractivity contribution is 5.96. The molecule has 1 aromatic rings. The molecule has 0 aliphatic heterocycles. The minimum Gasteiger partial charge on any atom is -0.376 e. The lowest BCUT2D eigenvalue weighted by Crippen LogP contribution is -2.30. The Morgan fingerprint density at radius 1 is 1.37 bits per heavy atom. The molecule has 1 saturated carbocycles. The van der Waals surface area contributed by atoms with Crippen LogP contribution in [0.5, 0.6) is 0 Å². The lowest BCUT2D eigenvalue weighted by Gasteiger charge is -2.21. The molecule has 2 unspecified atom stereocenters. The number of benzene rings is 1. The number of carbonyl (C=O) groups excluding carboxylic acids is 1. The summed E-state index contributed by atoms with van der Waals surface area (Å²) < 4.78 is 0. The maximum absolute atomic E-state index is 12.4. The van der Waals surface area contributed by atoms with E-state index in [4.69, 9.17) is 5.73 Å². The molecule has 0 saturated heterocycles. The zero-order valence-electron chi connectivity index (χ0n) is 11.7. The van der Waals surface area contributed by atoms with Gasteiger partial charge in [0.25, 0.3) is 0 Å². The van der Waals surface area contributed by atoms with Gasteiger partial charge in [0.15, 0.2) is 0 Å². The summed E-state index contributed by atoms with van der Waals surface area (Å²) in [5, 5.41) is 3.06. The van der Waals surface area contributed by atoms with Crippen molar-refractivity contribution in [2.24, 2.45) is 17.6 Å². The van der Waals surface area contributed by atoms with Crippen molar-refractivity contribution in [1.29, 1.82) is 0 Å². The van der Waals surface area contributed by atoms with Crippen LogP contribution in [-0.4, -0.2) is 26.5 Å². The molecule has 0 radical (unpaired) electrons. The van der Waals surface area contributed by atoms with E-state index in [0.717, 1.165) is 30.6 Å². The largest absolute Gasteiger partial charge is 0.376 e. The molecular formula is C15H23N3O. The van der Waals surface area contributed by atoms with Gasteiger partial charge in [0.2, 0.25) is 5.91 Å². The average molecular weight is 261 g/mol. The lowest BCUT2D eigenvalue weighted by atomic mass is 9.95. The number of hydrogen-bond acceptors (Lipinski definition) is 3. The maximum atomic E-state index is 12.4. The Kier molecular flexibility index (Phi) is 4.43. The first-order valence-electron chi connectivity index (χ1n) is 6.90. The van der Waals surface area contributed by atoms with Crippen LogP contribution in [0.15, 0.2) is 24.3 Å². The molecule has 19 heavy (non-hydrogen) atoms. The minimum atomic E-state index is 0.0696. The summed E-state index contributed by atoms with van der Waals surface area (Å²) in [6.07, 6.45) is 3.14. The molecule has 0 aromatic heterocycles. The number of anilines is 2. The Morgan fingerprint density at radius 2 is 2.11 bits per heavy atom. The fourth-order valence-corrected chi connectivity index (χ4v) is 2.86. The summed E-state index contributed by atoms with van der Waals surface area (Å²) in [6, 6.07) is 7.87. The third-order valence-electron chi connectivity index (χ3n) is 3.94. The van der Waals surface area contributed by atoms with Crippen molar-refractivity contribution in [2.45, 2.75) is 19.3 Å². The van der Waals surface area contributed by atoms with Gasteiger partial charge in [-0.3, -0.25) is 4.79 Å². The number of para-hydroxylation sites is 2. The van der Waals surface area contributed by atoms with E-state index < -0.39 is 0 Å². The van der Waals surface area contributed by atoms with Gasteiger partial charge in [-0.1, -0.05) is 18.6 Å². The average Bonchev–Trinajstić information content (AvgIpc) is 2.87. The molecule has 4 nitrogen and oxygen atoms in total. The van der Waals surface area contributed by atoms with Crippen molar-refractivity contribution in [1.82, 2.24) is 0 Å².